The second-order valence-electron chi connectivity index (χ2n) is 6.18. The Hall–Kier alpha value is -0.660. The zero-order valence-electron chi connectivity index (χ0n) is 12.3. The lowest BCUT2D eigenvalue weighted by Gasteiger charge is -2.27. The van der Waals surface area contributed by atoms with Gasteiger partial charge >= 0.3 is 0 Å². The molecule has 6 nitrogen and oxygen atoms in total. The van der Waals surface area contributed by atoms with Crippen molar-refractivity contribution in [1.82, 2.24) is 9.80 Å². The molecule has 3 unspecified atom stereocenters. The van der Waals surface area contributed by atoms with Crippen LogP contribution >= 0.6 is 0 Å². The van der Waals surface area contributed by atoms with E-state index in [4.69, 9.17) is 5.73 Å². The van der Waals surface area contributed by atoms with Crippen LogP contribution in [0.2, 0.25) is 0 Å². The summed E-state index contributed by atoms with van der Waals surface area (Å²) in [4.78, 5) is 16.1. The van der Waals surface area contributed by atoms with Gasteiger partial charge in [-0.15, -0.1) is 0 Å². The highest BCUT2D eigenvalue weighted by atomic mass is 32.2. The molecule has 2 rings (SSSR count). The van der Waals surface area contributed by atoms with Crippen molar-refractivity contribution in [1.29, 1.82) is 0 Å². The first kappa shape index (κ1) is 15.7. The van der Waals surface area contributed by atoms with Gasteiger partial charge in [-0.2, -0.15) is 0 Å². The molecule has 0 aromatic heterocycles. The molecular weight excluding hydrogens is 278 g/mol. The molecule has 2 fully saturated rings. The Morgan fingerprint density at radius 1 is 1.45 bits per heavy atom. The van der Waals surface area contributed by atoms with E-state index in [1.54, 1.807) is 11.9 Å². The number of sulfone groups is 1. The molecule has 0 aliphatic carbocycles. The molecule has 20 heavy (non-hydrogen) atoms. The normalized spacial score (nSPS) is 33.5. The maximum atomic E-state index is 12.3. The molecule has 0 radical (unpaired) electrons. The van der Waals surface area contributed by atoms with Crippen LogP contribution in [0.15, 0.2) is 0 Å². The number of amides is 1. The Morgan fingerprint density at radius 2 is 2.15 bits per heavy atom. The molecule has 3 atom stereocenters. The van der Waals surface area contributed by atoms with Gasteiger partial charge in [0.05, 0.1) is 18.1 Å². The number of rotatable bonds is 4. The van der Waals surface area contributed by atoms with Crippen molar-refractivity contribution in [2.75, 3.05) is 38.2 Å². The SMILES string of the molecule is CC1CC(CN)CN1CC(=O)N(C)C1CCS(=O)(=O)C1. The van der Waals surface area contributed by atoms with E-state index in [0.717, 1.165) is 13.0 Å². The number of nitrogens with two attached hydrogens (primary N) is 1. The Bertz CT molecular complexity index is 465. The van der Waals surface area contributed by atoms with E-state index in [1.165, 1.54) is 0 Å². The van der Waals surface area contributed by atoms with Crippen molar-refractivity contribution in [3.63, 3.8) is 0 Å². The lowest BCUT2D eigenvalue weighted by atomic mass is 10.1. The van der Waals surface area contributed by atoms with Gasteiger partial charge in [-0.25, -0.2) is 8.42 Å². The van der Waals surface area contributed by atoms with Crippen LogP contribution in [-0.4, -0.2) is 74.4 Å². The smallest absolute Gasteiger partial charge is 0.236 e. The van der Waals surface area contributed by atoms with Crippen LogP contribution in [0.1, 0.15) is 19.8 Å². The van der Waals surface area contributed by atoms with Crippen molar-refractivity contribution in [3.8, 4) is 0 Å². The molecular formula is C13H25N3O3S. The minimum atomic E-state index is -2.95. The third-order valence-corrected chi connectivity index (χ3v) is 6.36. The van der Waals surface area contributed by atoms with Crippen molar-refractivity contribution in [2.24, 2.45) is 11.7 Å². The van der Waals surface area contributed by atoms with Gasteiger partial charge in [0.15, 0.2) is 9.84 Å². The number of nitrogens with zero attached hydrogens (tertiary/aromatic N) is 2. The topological polar surface area (TPSA) is 83.7 Å². The molecule has 2 aliphatic heterocycles. The fraction of sp³-hybridized carbons (Fsp3) is 0.923. The van der Waals surface area contributed by atoms with Crippen molar-refractivity contribution in [2.45, 2.75) is 31.8 Å². The zero-order valence-corrected chi connectivity index (χ0v) is 13.1. The van der Waals surface area contributed by atoms with Crippen LogP contribution in [0.4, 0.5) is 0 Å². The molecule has 0 saturated carbocycles. The first-order valence-corrected chi connectivity index (χ1v) is 9.04. The number of carbonyl (C=O) groups excluding carboxylic acids is 1. The van der Waals surface area contributed by atoms with Gasteiger partial charge in [-0.05, 0) is 32.2 Å². The van der Waals surface area contributed by atoms with E-state index in [-0.39, 0.29) is 23.5 Å². The summed E-state index contributed by atoms with van der Waals surface area (Å²) < 4.78 is 23.0. The largest absolute Gasteiger partial charge is 0.341 e. The number of hydrogen-bond acceptors (Lipinski definition) is 5. The van der Waals surface area contributed by atoms with Crippen LogP contribution < -0.4 is 5.73 Å². The summed E-state index contributed by atoms with van der Waals surface area (Å²) in [6, 6.07) is 0.212. The first-order chi connectivity index (χ1) is 9.32. The fourth-order valence-corrected chi connectivity index (χ4v) is 4.95. The number of likely N-dealkylation sites (tertiary alicyclic amines) is 1. The molecule has 0 aromatic rings. The Labute approximate surface area is 121 Å². The van der Waals surface area contributed by atoms with Crippen LogP contribution in [0.5, 0.6) is 0 Å². The lowest BCUT2D eigenvalue weighted by Crippen LogP contribution is -2.44. The molecule has 0 aromatic carbocycles. The summed E-state index contributed by atoms with van der Waals surface area (Å²) in [6.07, 6.45) is 1.59. The highest BCUT2D eigenvalue weighted by molar-refractivity contribution is 7.91. The number of carbonyl (C=O) groups is 1. The minimum absolute atomic E-state index is 0.0108. The van der Waals surface area contributed by atoms with Crippen molar-refractivity contribution < 1.29 is 13.2 Å². The van der Waals surface area contributed by atoms with E-state index in [2.05, 4.69) is 11.8 Å². The van der Waals surface area contributed by atoms with Gasteiger partial charge in [-0.3, -0.25) is 9.69 Å². The number of likely N-dealkylation sites (N-methyl/N-ethyl adjacent to an activating group) is 1. The van der Waals surface area contributed by atoms with Crippen molar-refractivity contribution in [3.05, 3.63) is 0 Å². The maximum Gasteiger partial charge on any atom is 0.236 e. The summed E-state index contributed by atoms with van der Waals surface area (Å²) in [5, 5.41) is 0. The summed E-state index contributed by atoms with van der Waals surface area (Å²) in [5.41, 5.74) is 5.69. The van der Waals surface area contributed by atoms with Crippen LogP contribution in [0.25, 0.3) is 0 Å². The fourth-order valence-electron chi connectivity index (χ4n) is 3.18. The lowest BCUT2D eigenvalue weighted by molar-refractivity contribution is -0.132. The van der Waals surface area contributed by atoms with E-state index in [0.29, 0.717) is 31.5 Å². The first-order valence-electron chi connectivity index (χ1n) is 7.22. The van der Waals surface area contributed by atoms with Gasteiger partial charge in [0.2, 0.25) is 5.91 Å². The van der Waals surface area contributed by atoms with Crippen LogP contribution in [0, 0.1) is 5.92 Å². The average molecular weight is 303 g/mol. The molecule has 2 heterocycles. The molecule has 0 bridgehead atoms. The third-order valence-electron chi connectivity index (χ3n) is 4.61. The molecule has 1 amide bonds. The molecule has 2 N–H and O–H groups in total. The van der Waals surface area contributed by atoms with Gasteiger partial charge in [0.25, 0.3) is 0 Å². The molecule has 7 heteroatoms. The summed E-state index contributed by atoms with van der Waals surface area (Å²) in [7, 11) is -1.23. The highest BCUT2D eigenvalue weighted by Gasteiger charge is 2.35. The van der Waals surface area contributed by atoms with Gasteiger partial charge < -0.3 is 10.6 Å². The zero-order chi connectivity index (χ0) is 14.9. The average Bonchev–Trinajstić information content (AvgIpc) is 2.92. The van der Waals surface area contributed by atoms with Crippen LogP contribution in [0.3, 0.4) is 0 Å². The van der Waals surface area contributed by atoms with Gasteiger partial charge in [-0.1, -0.05) is 0 Å². The third kappa shape index (κ3) is 3.51. The second-order valence-corrected chi connectivity index (χ2v) is 8.41. The van der Waals surface area contributed by atoms with E-state index >= 15 is 0 Å². The minimum Gasteiger partial charge on any atom is -0.341 e. The summed E-state index contributed by atoms with van der Waals surface area (Å²) >= 11 is 0. The van der Waals surface area contributed by atoms with E-state index in [9.17, 15) is 13.2 Å². The Morgan fingerprint density at radius 3 is 2.65 bits per heavy atom. The predicted molar refractivity (Wildman–Crippen MR) is 78.0 cm³/mol. The number of hydrogen-bond donors (Lipinski definition) is 1. The predicted octanol–water partition coefficient (Wildman–Crippen LogP) is -0.699. The molecule has 0 spiro atoms. The Balaban J connectivity index is 1.89. The van der Waals surface area contributed by atoms with Crippen LogP contribution in [-0.2, 0) is 14.6 Å². The van der Waals surface area contributed by atoms with Crippen molar-refractivity contribution >= 4 is 15.7 Å². The molecule has 116 valence electrons. The monoisotopic (exact) mass is 303 g/mol. The van der Waals surface area contributed by atoms with Gasteiger partial charge in [0.1, 0.15) is 0 Å². The van der Waals surface area contributed by atoms with Gasteiger partial charge in [0, 0.05) is 25.7 Å². The second kappa shape index (κ2) is 5.99. The molecule has 2 aliphatic rings. The quantitative estimate of drug-likeness (QED) is 0.742. The standard InChI is InChI=1S/C13H25N3O3S/c1-10-5-11(6-14)7-16(10)8-13(17)15(2)12-3-4-20(18,19)9-12/h10-12H,3-9,14H2,1-2H3. The maximum absolute atomic E-state index is 12.3. The summed E-state index contributed by atoms with van der Waals surface area (Å²) in [5.74, 6) is 0.785. The summed E-state index contributed by atoms with van der Waals surface area (Å²) in [6.45, 7) is 4.00. The highest BCUT2D eigenvalue weighted by Crippen LogP contribution is 2.22. The Kier molecular flexibility index (Phi) is 4.71. The van der Waals surface area contributed by atoms with E-state index < -0.39 is 9.84 Å². The van der Waals surface area contributed by atoms with E-state index in [1.807, 2.05) is 0 Å². The molecule has 2 saturated heterocycles.